The van der Waals surface area contributed by atoms with Crippen molar-refractivity contribution in [1.82, 2.24) is 0 Å². The maximum Gasteiger partial charge on any atom is 0.134 e. The molecule has 0 unspecified atom stereocenters. The Balaban J connectivity index is 1.95. The lowest BCUT2D eigenvalue weighted by Crippen LogP contribution is -2.17. The average molecular weight is 213 g/mol. The van der Waals surface area contributed by atoms with Crippen molar-refractivity contribution in [3.8, 4) is 11.3 Å². The van der Waals surface area contributed by atoms with Gasteiger partial charge in [-0.3, -0.25) is 0 Å². The van der Waals surface area contributed by atoms with Crippen molar-refractivity contribution >= 4 is 0 Å². The van der Waals surface area contributed by atoms with Gasteiger partial charge in [-0.1, -0.05) is 29.8 Å². The first-order chi connectivity index (χ1) is 7.67. The van der Waals surface area contributed by atoms with E-state index in [4.69, 9.17) is 10.2 Å². The molecule has 2 N–H and O–H groups in total. The van der Waals surface area contributed by atoms with E-state index in [0.717, 1.165) is 29.9 Å². The first-order valence-corrected chi connectivity index (χ1v) is 5.64. The quantitative estimate of drug-likeness (QED) is 0.832. The molecule has 2 heteroatoms. The van der Waals surface area contributed by atoms with Crippen LogP contribution in [0, 0.1) is 6.92 Å². The van der Waals surface area contributed by atoms with Gasteiger partial charge in [0, 0.05) is 5.56 Å². The zero-order chi connectivity index (χ0) is 11.2. The number of aryl methyl sites for hydroxylation is 1. The van der Waals surface area contributed by atoms with Crippen LogP contribution in [0.15, 0.2) is 40.8 Å². The Morgan fingerprint density at radius 2 is 1.75 bits per heavy atom. The molecule has 1 aliphatic carbocycles. The predicted octanol–water partition coefficient (Wildman–Crippen LogP) is 3.20. The summed E-state index contributed by atoms with van der Waals surface area (Å²) in [6.07, 6.45) is 2.07. The van der Waals surface area contributed by atoms with Crippen LogP contribution >= 0.6 is 0 Å². The van der Waals surface area contributed by atoms with Crippen LogP contribution in [-0.2, 0) is 5.54 Å². The summed E-state index contributed by atoms with van der Waals surface area (Å²) in [6, 6.07) is 12.3. The average Bonchev–Trinajstić information content (AvgIpc) is 2.84. The van der Waals surface area contributed by atoms with Crippen LogP contribution in [0.5, 0.6) is 0 Å². The number of rotatable bonds is 2. The maximum absolute atomic E-state index is 6.09. The van der Waals surface area contributed by atoms with Gasteiger partial charge in [-0.2, -0.15) is 0 Å². The van der Waals surface area contributed by atoms with Crippen LogP contribution in [0.25, 0.3) is 11.3 Å². The monoisotopic (exact) mass is 213 g/mol. The van der Waals surface area contributed by atoms with Gasteiger partial charge in [0.05, 0.1) is 5.54 Å². The molecule has 0 radical (unpaired) electrons. The summed E-state index contributed by atoms with van der Waals surface area (Å²) in [4.78, 5) is 0. The summed E-state index contributed by atoms with van der Waals surface area (Å²) in [5.41, 5.74) is 8.28. The summed E-state index contributed by atoms with van der Waals surface area (Å²) in [6.45, 7) is 2.08. The molecular formula is C14H15NO. The normalized spacial score (nSPS) is 17.4. The standard InChI is InChI=1S/C14H15NO/c1-10-2-4-11(5-3-10)12-6-7-13(16-12)14(15)8-9-14/h2-7H,8-9,15H2,1H3. The van der Waals surface area contributed by atoms with E-state index in [2.05, 4.69) is 31.2 Å². The lowest BCUT2D eigenvalue weighted by Gasteiger charge is -2.03. The largest absolute Gasteiger partial charge is 0.459 e. The topological polar surface area (TPSA) is 39.2 Å². The Labute approximate surface area is 95.1 Å². The molecule has 1 heterocycles. The molecule has 0 aliphatic heterocycles. The Bertz CT molecular complexity index is 506. The molecule has 0 amide bonds. The second kappa shape index (κ2) is 3.22. The molecule has 82 valence electrons. The van der Waals surface area contributed by atoms with Crippen LogP contribution in [0.4, 0.5) is 0 Å². The SMILES string of the molecule is Cc1ccc(-c2ccc(C3(N)CC3)o2)cc1. The van der Waals surface area contributed by atoms with E-state index in [1.54, 1.807) is 0 Å². The van der Waals surface area contributed by atoms with E-state index in [-0.39, 0.29) is 5.54 Å². The highest BCUT2D eigenvalue weighted by Gasteiger charge is 2.43. The molecule has 2 aromatic rings. The van der Waals surface area contributed by atoms with Crippen LogP contribution in [-0.4, -0.2) is 0 Å². The van der Waals surface area contributed by atoms with Crippen LogP contribution in [0.2, 0.25) is 0 Å². The number of hydrogen-bond acceptors (Lipinski definition) is 2. The minimum atomic E-state index is -0.178. The number of furan rings is 1. The Kier molecular flexibility index (Phi) is 1.95. The molecule has 2 nitrogen and oxygen atoms in total. The molecule has 1 aromatic heterocycles. The van der Waals surface area contributed by atoms with E-state index in [1.807, 2.05) is 12.1 Å². The van der Waals surface area contributed by atoms with Gasteiger partial charge in [0.1, 0.15) is 11.5 Å². The van der Waals surface area contributed by atoms with Gasteiger partial charge in [0.15, 0.2) is 0 Å². The van der Waals surface area contributed by atoms with Crippen molar-refractivity contribution in [3.05, 3.63) is 47.7 Å². The first-order valence-electron chi connectivity index (χ1n) is 5.64. The van der Waals surface area contributed by atoms with Gasteiger partial charge in [0.25, 0.3) is 0 Å². The number of hydrogen-bond donors (Lipinski definition) is 1. The summed E-state index contributed by atoms with van der Waals surface area (Å²) in [7, 11) is 0. The lowest BCUT2D eigenvalue weighted by atomic mass is 10.1. The summed E-state index contributed by atoms with van der Waals surface area (Å²) < 4.78 is 5.81. The second-order valence-electron chi connectivity index (χ2n) is 4.69. The summed E-state index contributed by atoms with van der Waals surface area (Å²) in [5.74, 6) is 1.83. The van der Waals surface area contributed by atoms with Crippen molar-refractivity contribution in [2.24, 2.45) is 5.73 Å². The Morgan fingerprint density at radius 3 is 2.38 bits per heavy atom. The summed E-state index contributed by atoms with van der Waals surface area (Å²) in [5, 5.41) is 0. The first kappa shape index (κ1) is 9.67. The molecule has 0 saturated heterocycles. The zero-order valence-electron chi connectivity index (χ0n) is 9.36. The van der Waals surface area contributed by atoms with Gasteiger partial charge in [-0.05, 0) is 31.9 Å². The van der Waals surface area contributed by atoms with Gasteiger partial charge >= 0.3 is 0 Å². The minimum absolute atomic E-state index is 0.178. The van der Waals surface area contributed by atoms with Gasteiger partial charge in [-0.15, -0.1) is 0 Å². The molecule has 3 rings (SSSR count). The van der Waals surface area contributed by atoms with E-state index >= 15 is 0 Å². The smallest absolute Gasteiger partial charge is 0.134 e. The number of benzene rings is 1. The minimum Gasteiger partial charge on any atom is -0.459 e. The van der Waals surface area contributed by atoms with Crippen molar-refractivity contribution in [3.63, 3.8) is 0 Å². The van der Waals surface area contributed by atoms with Crippen molar-refractivity contribution in [1.29, 1.82) is 0 Å². The van der Waals surface area contributed by atoms with E-state index in [1.165, 1.54) is 5.56 Å². The lowest BCUT2D eigenvalue weighted by molar-refractivity contribution is 0.467. The van der Waals surface area contributed by atoms with Crippen LogP contribution < -0.4 is 5.73 Å². The fourth-order valence-electron chi connectivity index (χ4n) is 1.86. The third-order valence-electron chi connectivity index (χ3n) is 3.22. The fraction of sp³-hybridized carbons (Fsp3) is 0.286. The van der Waals surface area contributed by atoms with Gasteiger partial charge in [0.2, 0.25) is 0 Å². The molecule has 1 fully saturated rings. The third kappa shape index (κ3) is 1.55. The van der Waals surface area contributed by atoms with Crippen LogP contribution in [0.1, 0.15) is 24.2 Å². The predicted molar refractivity (Wildman–Crippen MR) is 64.0 cm³/mol. The molecule has 0 bridgehead atoms. The molecular weight excluding hydrogens is 198 g/mol. The molecule has 0 spiro atoms. The molecule has 16 heavy (non-hydrogen) atoms. The highest BCUT2D eigenvalue weighted by Crippen LogP contribution is 2.44. The molecule has 0 atom stereocenters. The maximum atomic E-state index is 6.09. The Morgan fingerprint density at radius 1 is 1.06 bits per heavy atom. The van der Waals surface area contributed by atoms with E-state index in [9.17, 15) is 0 Å². The Hall–Kier alpha value is -1.54. The second-order valence-corrected chi connectivity index (χ2v) is 4.69. The van der Waals surface area contributed by atoms with E-state index < -0.39 is 0 Å². The zero-order valence-corrected chi connectivity index (χ0v) is 9.36. The fourth-order valence-corrected chi connectivity index (χ4v) is 1.86. The van der Waals surface area contributed by atoms with Crippen molar-refractivity contribution in [2.75, 3.05) is 0 Å². The van der Waals surface area contributed by atoms with Gasteiger partial charge < -0.3 is 10.2 Å². The molecule has 1 aromatic carbocycles. The molecule has 1 aliphatic rings. The van der Waals surface area contributed by atoms with Crippen molar-refractivity contribution < 1.29 is 4.42 Å². The van der Waals surface area contributed by atoms with Crippen molar-refractivity contribution in [2.45, 2.75) is 25.3 Å². The highest BCUT2D eigenvalue weighted by atomic mass is 16.3. The highest BCUT2D eigenvalue weighted by molar-refractivity contribution is 5.58. The van der Waals surface area contributed by atoms with Crippen LogP contribution in [0.3, 0.4) is 0 Å². The number of nitrogens with two attached hydrogens (primary N) is 1. The molecule has 1 saturated carbocycles. The third-order valence-corrected chi connectivity index (χ3v) is 3.22. The summed E-state index contributed by atoms with van der Waals surface area (Å²) >= 11 is 0. The van der Waals surface area contributed by atoms with Gasteiger partial charge in [-0.25, -0.2) is 0 Å². The van der Waals surface area contributed by atoms with E-state index in [0.29, 0.717) is 0 Å².